The summed E-state index contributed by atoms with van der Waals surface area (Å²) in [4.78, 5) is 17.4. The van der Waals surface area contributed by atoms with E-state index >= 15 is 0 Å². The fraction of sp³-hybridized carbons (Fsp3) is 0.500. The van der Waals surface area contributed by atoms with Gasteiger partial charge in [0, 0.05) is 31.7 Å². The van der Waals surface area contributed by atoms with E-state index in [1.54, 1.807) is 0 Å². The third-order valence-corrected chi connectivity index (χ3v) is 5.47. The maximum atomic E-state index is 13.2. The number of carbonyl (C=O) groups excluding carboxylic acids is 1. The average Bonchev–Trinajstić information content (AvgIpc) is 3.44. The summed E-state index contributed by atoms with van der Waals surface area (Å²) in [6, 6.07) is 8.38. The molecule has 1 aliphatic heterocycles. The molecule has 1 unspecified atom stereocenters. The molecular weight excluding hydrogens is 328 g/mol. The van der Waals surface area contributed by atoms with E-state index in [4.69, 9.17) is 4.52 Å². The molecule has 6 heteroatoms. The van der Waals surface area contributed by atoms with Crippen LogP contribution in [-0.2, 0) is 6.54 Å². The molecule has 6 nitrogen and oxygen atoms in total. The first-order valence-corrected chi connectivity index (χ1v) is 9.41. The number of anilines is 2. The van der Waals surface area contributed by atoms with Gasteiger partial charge in [-0.15, -0.1) is 0 Å². The van der Waals surface area contributed by atoms with Gasteiger partial charge in [0.15, 0.2) is 5.76 Å². The van der Waals surface area contributed by atoms with Crippen LogP contribution in [0.25, 0.3) is 0 Å². The predicted octanol–water partition coefficient (Wildman–Crippen LogP) is 4.12. The minimum absolute atomic E-state index is 0.0739. The van der Waals surface area contributed by atoms with E-state index < -0.39 is 0 Å². The number of fused-ring (bicyclic) bond motifs is 1. The van der Waals surface area contributed by atoms with Gasteiger partial charge in [-0.25, -0.2) is 4.79 Å². The maximum absolute atomic E-state index is 13.2. The average molecular weight is 354 g/mol. The third-order valence-electron chi connectivity index (χ3n) is 5.47. The van der Waals surface area contributed by atoms with Gasteiger partial charge >= 0.3 is 6.03 Å². The second-order valence-corrected chi connectivity index (χ2v) is 7.41. The standard InChI is InChI=1S/C20H26N4O2/c1-4-16-12-23(3)17-8-6-5-7-15(17)11-24(16)20(25)21-18-13(2)22-26-19(18)14-9-10-14/h5-8,14,16H,4,9-12H2,1-3H3,(H,21,25). The van der Waals surface area contributed by atoms with Crippen molar-refractivity contribution in [2.75, 3.05) is 23.8 Å². The van der Waals surface area contributed by atoms with Gasteiger partial charge in [-0.3, -0.25) is 0 Å². The normalized spacial score (nSPS) is 19.9. The monoisotopic (exact) mass is 354 g/mol. The highest BCUT2D eigenvalue weighted by Gasteiger charge is 2.34. The number of nitrogens with one attached hydrogen (secondary N) is 1. The summed E-state index contributed by atoms with van der Waals surface area (Å²) in [6.45, 7) is 5.44. The maximum Gasteiger partial charge on any atom is 0.322 e. The lowest BCUT2D eigenvalue weighted by atomic mass is 10.1. The summed E-state index contributed by atoms with van der Waals surface area (Å²) >= 11 is 0. The third kappa shape index (κ3) is 3.04. The Labute approximate surface area is 154 Å². The number of aryl methyl sites for hydroxylation is 1. The van der Waals surface area contributed by atoms with E-state index in [1.807, 2.05) is 17.9 Å². The van der Waals surface area contributed by atoms with Crippen LogP contribution in [-0.4, -0.2) is 35.7 Å². The molecule has 1 fully saturated rings. The Balaban J connectivity index is 1.61. The Kier molecular flexibility index (Phi) is 4.34. The van der Waals surface area contributed by atoms with Gasteiger partial charge in [0.1, 0.15) is 11.4 Å². The van der Waals surface area contributed by atoms with Crippen LogP contribution in [0.1, 0.15) is 49.1 Å². The Hall–Kier alpha value is -2.50. The minimum atomic E-state index is -0.0739. The van der Waals surface area contributed by atoms with Gasteiger partial charge in [0.05, 0.1) is 6.04 Å². The first-order chi connectivity index (χ1) is 12.6. The van der Waals surface area contributed by atoms with Crippen molar-refractivity contribution in [2.45, 2.75) is 51.6 Å². The number of hydrogen-bond donors (Lipinski definition) is 1. The molecule has 4 rings (SSSR count). The highest BCUT2D eigenvalue weighted by molar-refractivity contribution is 5.91. The highest BCUT2D eigenvalue weighted by Crippen LogP contribution is 2.44. The molecule has 1 aromatic carbocycles. The number of rotatable bonds is 3. The summed E-state index contributed by atoms with van der Waals surface area (Å²) in [5.74, 6) is 1.24. The fourth-order valence-electron chi connectivity index (χ4n) is 3.77. The molecule has 0 bridgehead atoms. The molecule has 2 heterocycles. The lowest BCUT2D eigenvalue weighted by Crippen LogP contribution is -2.45. The van der Waals surface area contributed by atoms with E-state index in [9.17, 15) is 4.79 Å². The lowest BCUT2D eigenvalue weighted by molar-refractivity contribution is 0.185. The van der Waals surface area contributed by atoms with Crippen molar-refractivity contribution >= 4 is 17.4 Å². The minimum Gasteiger partial charge on any atom is -0.372 e. The van der Waals surface area contributed by atoms with Crippen molar-refractivity contribution in [2.24, 2.45) is 0 Å². The smallest absolute Gasteiger partial charge is 0.322 e. The summed E-state index contributed by atoms with van der Waals surface area (Å²) in [5, 5.41) is 7.17. The van der Waals surface area contributed by atoms with Gasteiger partial charge in [-0.05, 0) is 37.8 Å². The van der Waals surface area contributed by atoms with Crippen molar-refractivity contribution in [3.63, 3.8) is 0 Å². The first kappa shape index (κ1) is 16.9. The number of nitrogens with zero attached hydrogens (tertiary/aromatic N) is 3. The fourth-order valence-corrected chi connectivity index (χ4v) is 3.77. The molecule has 2 aromatic rings. The van der Waals surface area contributed by atoms with Crippen molar-refractivity contribution in [3.05, 3.63) is 41.3 Å². The number of para-hydroxylation sites is 1. The number of carbonyl (C=O) groups is 1. The highest BCUT2D eigenvalue weighted by atomic mass is 16.5. The number of likely N-dealkylation sites (N-methyl/N-ethyl adjacent to an activating group) is 1. The summed E-state index contributed by atoms with van der Waals surface area (Å²) in [7, 11) is 2.10. The number of hydrogen-bond acceptors (Lipinski definition) is 4. The molecule has 1 atom stereocenters. The summed E-state index contributed by atoms with van der Waals surface area (Å²) in [6.07, 6.45) is 3.12. The van der Waals surface area contributed by atoms with Gasteiger partial charge in [0.25, 0.3) is 0 Å². The lowest BCUT2D eigenvalue weighted by Gasteiger charge is -2.30. The van der Waals surface area contributed by atoms with Crippen molar-refractivity contribution < 1.29 is 9.32 Å². The SMILES string of the molecule is CCC1CN(C)c2ccccc2CN1C(=O)Nc1c(C)noc1C1CC1. The molecule has 138 valence electrons. The van der Waals surface area contributed by atoms with Crippen LogP contribution in [0.4, 0.5) is 16.2 Å². The van der Waals surface area contributed by atoms with Crippen molar-refractivity contribution in [3.8, 4) is 0 Å². The Morgan fingerprint density at radius 2 is 2.12 bits per heavy atom. The van der Waals surface area contributed by atoms with E-state index in [0.717, 1.165) is 42.9 Å². The van der Waals surface area contributed by atoms with E-state index in [-0.39, 0.29) is 12.1 Å². The molecule has 0 spiro atoms. The number of aromatic nitrogens is 1. The molecular formula is C20H26N4O2. The molecule has 1 aliphatic carbocycles. The molecule has 1 saturated carbocycles. The molecule has 2 aliphatic rings. The first-order valence-electron chi connectivity index (χ1n) is 9.41. The molecule has 26 heavy (non-hydrogen) atoms. The van der Waals surface area contributed by atoms with Gasteiger partial charge < -0.3 is 19.6 Å². The summed E-state index contributed by atoms with van der Waals surface area (Å²) < 4.78 is 5.47. The molecule has 1 aromatic heterocycles. The van der Waals surface area contributed by atoms with E-state index in [0.29, 0.717) is 12.5 Å². The van der Waals surface area contributed by atoms with Gasteiger partial charge in [-0.1, -0.05) is 30.3 Å². The summed E-state index contributed by atoms with van der Waals surface area (Å²) in [5.41, 5.74) is 3.88. The van der Waals surface area contributed by atoms with Gasteiger partial charge in [0.2, 0.25) is 0 Å². The number of urea groups is 1. The topological polar surface area (TPSA) is 61.6 Å². The van der Waals surface area contributed by atoms with Crippen molar-refractivity contribution in [1.82, 2.24) is 10.1 Å². The second-order valence-electron chi connectivity index (χ2n) is 7.41. The number of amides is 2. The van der Waals surface area contributed by atoms with Crippen LogP contribution in [0.5, 0.6) is 0 Å². The molecule has 0 radical (unpaired) electrons. The zero-order chi connectivity index (χ0) is 18.3. The van der Waals surface area contributed by atoms with Crippen LogP contribution in [0.2, 0.25) is 0 Å². The largest absolute Gasteiger partial charge is 0.372 e. The molecule has 1 N–H and O–H groups in total. The van der Waals surface area contributed by atoms with Crippen LogP contribution < -0.4 is 10.2 Å². The van der Waals surface area contributed by atoms with E-state index in [2.05, 4.69) is 47.5 Å². The zero-order valence-corrected chi connectivity index (χ0v) is 15.7. The number of benzene rings is 1. The predicted molar refractivity (Wildman–Crippen MR) is 102 cm³/mol. The van der Waals surface area contributed by atoms with Crippen LogP contribution in [0, 0.1) is 6.92 Å². The van der Waals surface area contributed by atoms with Crippen LogP contribution >= 0.6 is 0 Å². The Morgan fingerprint density at radius 3 is 2.85 bits per heavy atom. The van der Waals surface area contributed by atoms with E-state index in [1.165, 1.54) is 11.3 Å². The van der Waals surface area contributed by atoms with Crippen LogP contribution in [0.15, 0.2) is 28.8 Å². The van der Waals surface area contributed by atoms with Crippen LogP contribution in [0.3, 0.4) is 0 Å². The molecule has 0 saturated heterocycles. The molecule has 2 amide bonds. The van der Waals surface area contributed by atoms with Gasteiger partial charge in [-0.2, -0.15) is 0 Å². The zero-order valence-electron chi connectivity index (χ0n) is 15.7. The second kappa shape index (κ2) is 6.67. The van der Waals surface area contributed by atoms with Crippen molar-refractivity contribution in [1.29, 1.82) is 0 Å². The Morgan fingerprint density at radius 1 is 1.35 bits per heavy atom. The quantitative estimate of drug-likeness (QED) is 0.900. The Bertz CT molecular complexity index is 812.